The van der Waals surface area contributed by atoms with Crippen LogP contribution < -0.4 is 10.6 Å². The number of nitrogens with one attached hydrogen (secondary N) is 2. The molecule has 2 N–H and O–H groups in total. The number of hydrogen-bond donors (Lipinski definition) is 2. The van der Waals surface area contributed by atoms with Crippen LogP contribution in [0.25, 0.3) is 0 Å². The zero-order valence-electron chi connectivity index (χ0n) is 16.1. The molecule has 0 fully saturated rings. The van der Waals surface area contributed by atoms with E-state index in [0.29, 0.717) is 39.1 Å². The monoisotopic (exact) mass is 490 g/mol. The first-order valence-corrected chi connectivity index (χ1v) is 10.8. The standard InChI is InChI=1S/C21H17Cl3N6S/c22-16-6-4-14(5-7-16)10-30-13-19(24)20(28-30)27-21(31)26-18-9-25-29(12-18)11-15-2-1-3-17(23)8-15/h1-9,12-13H,10-11H2,(H2,26,27,28,31). The van der Waals surface area contributed by atoms with Crippen molar-refractivity contribution in [1.82, 2.24) is 19.6 Å². The Morgan fingerprint density at radius 3 is 2.42 bits per heavy atom. The van der Waals surface area contributed by atoms with Crippen LogP contribution in [-0.4, -0.2) is 24.7 Å². The van der Waals surface area contributed by atoms with Crippen LogP contribution in [0.4, 0.5) is 11.5 Å². The van der Waals surface area contributed by atoms with E-state index in [2.05, 4.69) is 20.8 Å². The number of thiocarbonyl (C=S) groups is 1. The molecule has 0 saturated carbocycles. The van der Waals surface area contributed by atoms with Crippen LogP contribution in [0.2, 0.25) is 15.1 Å². The van der Waals surface area contributed by atoms with Gasteiger partial charge in [-0.15, -0.1) is 0 Å². The molecule has 0 spiro atoms. The highest BCUT2D eigenvalue weighted by atomic mass is 35.5. The average Bonchev–Trinajstić information content (AvgIpc) is 3.29. The number of nitrogens with zero attached hydrogens (tertiary/aromatic N) is 4. The lowest BCUT2D eigenvalue weighted by Crippen LogP contribution is -2.19. The van der Waals surface area contributed by atoms with Crippen molar-refractivity contribution in [1.29, 1.82) is 0 Å². The summed E-state index contributed by atoms with van der Waals surface area (Å²) in [5, 5.41) is 17.1. The van der Waals surface area contributed by atoms with Gasteiger partial charge in [0.15, 0.2) is 10.9 Å². The Kier molecular flexibility index (Phi) is 6.77. The van der Waals surface area contributed by atoms with Crippen LogP contribution in [0.5, 0.6) is 0 Å². The SMILES string of the molecule is S=C(Nc1cnn(Cc2cccc(Cl)c2)c1)Nc1nn(Cc2ccc(Cl)cc2)cc1Cl. The van der Waals surface area contributed by atoms with Gasteiger partial charge in [0.2, 0.25) is 0 Å². The van der Waals surface area contributed by atoms with Crippen LogP contribution >= 0.6 is 47.0 Å². The number of anilines is 2. The van der Waals surface area contributed by atoms with Crippen LogP contribution in [0.15, 0.2) is 67.1 Å². The lowest BCUT2D eigenvalue weighted by molar-refractivity contribution is 0.687. The van der Waals surface area contributed by atoms with Gasteiger partial charge in [0.05, 0.1) is 25.0 Å². The second-order valence-electron chi connectivity index (χ2n) is 6.79. The largest absolute Gasteiger partial charge is 0.330 e. The van der Waals surface area contributed by atoms with Crippen molar-refractivity contribution in [2.45, 2.75) is 13.1 Å². The van der Waals surface area contributed by atoms with E-state index in [1.165, 1.54) is 0 Å². The molecule has 0 amide bonds. The molecule has 0 aliphatic rings. The second kappa shape index (κ2) is 9.70. The molecule has 10 heteroatoms. The Morgan fingerprint density at radius 1 is 0.871 bits per heavy atom. The number of rotatable bonds is 6. The third-order valence-electron chi connectivity index (χ3n) is 4.33. The number of hydrogen-bond acceptors (Lipinski definition) is 3. The van der Waals surface area contributed by atoms with E-state index in [4.69, 9.17) is 47.0 Å². The van der Waals surface area contributed by atoms with E-state index in [1.54, 1.807) is 21.8 Å². The summed E-state index contributed by atoms with van der Waals surface area (Å²) < 4.78 is 3.53. The summed E-state index contributed by atoms with van der Waals surface area (Å²) in [6.45, 7) is 1.17. The normalized spacial score (nSPS) is 10.8. The van der Waals surface area contributed by atoms with Gasteiger partial charge < -0.3 is 10.6 Å². The minimum atomic E-state index is 0.362. The molecule has 0 aliphatic carbocycles. The Labute approximate surface area is 199 Å². The van der Waals surface area contributed by atoms with Crippen molar-refractivity contribution in [3.8, 4) is 0 Å². The molecule has 4 rings (SSSR count). The predicted molar refractivity (Wildman–Crippen MR) is 130 cm³/mol. The fourth-order valence-electron chi connectivity index (χ4n) is 2.95. The average molecular weight is 492 g/mol. The van der Waals surface area contributed by atoms with Gasteiger partial charge in [-0.25, -0.2) is 0 Å². The fraction of sp³-hybridized carbons (Fsp3) is 0.0952. The van der Waals surface area contributed by atoms with E-state index >= 15 is 0 Å². The van der Waals surface area contributed by atoms with Crippen molar-refractivity contribution in [3.63, 3.8) is 0 Å². The van der Waals surface area contributed by atoms with Gasteiger partial charge in [-0.2, -0.15) is 10.2 Å². The third kappa shape index (κ3) is 5.98. The maximum Gasteiger partial charge on any atom is 0.176 e. The highest BCUT2D eigenvalue weighted by Gasteiger charge is 2.10. The van der Waals surface area contributed by atoms with E-state index < -0.39 is 0 Å². The summed E-state index contributed by atoms with van der Waals surface area (Å²) >= 11 is 23.7. The van der Waals surface area contributed by atoms with E-state index in [-0.39, 0.29) is 0 Å². The first kappa shape index (κ1) is 21.6. The molecule has 6 nitrogen and oxygen atoms in total. The second-order valence-corrected chi connectivity index (χ2v) is 8.47. The summed E-state index contributed by atoms with van der Waals surface area (Å²) in [5.74, 6) is 0.472. The Balaban J connectivity index is 1.35. The van der Waals surface area contributed by atoms with Crippen molar-refractivity contribution in [3.05, 3.63) is 93.3 Å². The molecule has 0 bridgehead atoms. The van der Waals surface area contributed by atoms with Gasteiger partial charge in [0, 0.05) is 22.4 Å². The molecule has 4 aromatic rings. The van der Waals surface area contributed by atoms with Gasteiger partial charge in [0.1, 0.15) is 5.02 Å². The van der Waals surface area contributed by atoms with Crippen LogP contribution in [0, 0.1) is 0 Å². The fourth-order valence-corrected chi connectivity index (χ4v) is 3.70. The number of halogens is 3. The zero-order chi connectivity index (χ0) is 21.8. The van der Waals surface area contributed by atoms with Crippen LogP contribution in [0.3, 0.4) is 0 Å². The first-order chi connectivity index (χ1) is 14.9. The maximum atomic E-state index is 6.31. The molecule has 0 saturated heterocycles. The molecule has 2 heterocycles. The molecule has 0 aliphatic heterocycles. The lowest BCUT2D eigenvalue weighted by Gasteiger charge is -2.07. The minimum Gasteiger partial charge on any atom is -0.330 e. The Hall–Kier alpha value is -2.58. The lowest BCUT2D eigenvalue weighted by atomic mass is 10.2. The number of benzene rings is 2. The molecule has 0 unspecified atom stereocenters. The molecule has 2 aromatic carbocycles. The van der Waals surface area contributed by atoms with Gasteiger partial charge in [-0.3, -0.25) is 9.36 Å². The summed E-state index contributed by atoms with van der Waals surface area (Å²) in [6.07, 6.45) is 5.29. The summed E-state index contributed by atoms with van der Waals surface area (Å²) in [7, 11) is 0. The van der Waals surface area contributed by atoms with Gasteiger partial charge in [-0.05, 0) is 47.6 Å². The van der Waals surface area contributed by atoms with Gasteiger partial charge >= 0.3 is 0 Å². The molecular formula is C21H17Cl3N6S. The smallest absolute Gasteiger partial charge is 0.176 e. The Morgan fingerprint density at radius 2 is 1.65 bits per heavy atom. The van der Waals surface area contributed by atoms with E-state index in [9.17, 15) is 0 Å². The topological polar surface area (TPSA) is 59.7 Å². The number of aromatic nitrogens is 4. The molecule has 0 atom stereocenters. The molecule has 2 aromatic heterocycles. The zero-order valence-corrected chi connectivity index (χ0v) is 19.2. The first-order valence-electron chi connectivity index (χ1n) is 9.27. The molecular weight excluding hydrogens is 475 g/mol. The highest BCUT2D eigenvalue weighted by Crippen LogP contribution is 2.21. The van der Waals surface area contributed by atoms with E-state index in [1.807, 2.05) is 54.7 Å². The van der Waals surface area contributed by atoms with Crippen molar-refractivity contribution >= 4 is 63.6 Å². The summed E-state index contributed by atoms with van der Waals surface area (Å²) in [5.41, 5.74) is 2.86. The molecule has 158 valence electrons. The summed E-state index contributed by atoms with van der Waals surface area (Å²) in [6, 6.07) is 15.2. The quantitative estimate of drug-likeness (QED) is 0.327. The van der Waals surface area contributed by atoms with Gasteiger partial charge in [0.25, 0.3) is 0 Å². The van der Waals surface area contributed by atoms with Crippen molar-refractivity contribution in [2.75, 3.05) is 10.6 Å². The Bertz CT molecular complexity index is 1200. The van der Waals surface area contributed by atoms with Crippen molar-refractivity contribution in [2.24, 2.45) is 0 Å². The maximum absolute atomic E-state index is 6.31. The third-order valence-corrected chi connectivity index (χ3v) is 5.30. The van der Waals surface area contributed by atoms with Crippen molar-refractivity contribution < 1.29 is 0 Å². The summed E-state index contributed by atoms with van der Waals surface area (Å²) in [4.78, 5) is 0. The highest BCUT2D eigenvalue weighted by molar-refractivity contribution is 7.80. The van der Waals surface area contributed by atoms with Gasteiger partial charge in [-0.1, -0.05) is 59.1 Å². The predicted octanol–water partition coefficient (Wildman–Crippen LogP) is 5.95. The minimum absolute atomic E-state index is 0.362. The van der Waals surface area contributed by atoms with E-state index in [0.717, 1.165) is 16.8 Å². The molecule has 31 heavy (non-hydrogen) atoms. The molecule has 0 radical (unpaired) electrons. The van der Waals surface area contributed by atoms with Crippen LogP contribution in [-0.2, 0) is 13.1 Å². The van der Waals surface area contributed by atoms with Crippen LogP contribution in [0.1, 0.15) is 11.1 Å².